The third-order valence-electron chi connectivity index (χ3n) is 2.45. The Morgan fingerprint density at radius 3 is 2.78 bits per heavy atom. The van der Waals surface area contributed by atoms with Gasteiger partial charge in [-0.2, -0.15) is 18.2 Å². The number of pyridine rings is 1. The van der Waals surface area contributed by atoms with Crippen molar-refractivity contribution in [2.24, 2.45) is 0 Å². The van der Waals surface area contributed by atoms with Crippen molar-refractivity contribution in [3.63, 3.8) is 0 Å². The van der Waals surface area contributed by atoms with Crippen LogP contribution in [0, 0.1) is 12.3 Å². The number of amides is 1. The van der Waals surface area contributed by atoms with Gasteiger partial charge in [0.15, 0.2) is 6.61 Å². The lowest BCUT2D eigenvalue weighted by molar-refractivity contribution is -0.159. The van der Waals surface area contributed by atoms with E-state index in [0.29, 0.717) is 5.69 Å². The molecule has 0 spiro atoms. The van der Waals surface area contributed by atoms with Crippen LogP contribution in [0.25, 0.3) is 11.4 Å². The number of nitrogens with one attached hydrogen (secondary N) is 1. The van der Waals surface area contributed by atoms with Crippen molar-refractivity contribution in [1.82, 2.24) is 20.4 Å². The summed E-state index contributed by atoms with van der Waals surface area (Å²) in [6.07, 6.45) is 0.772. The minimum Gasteiger partial charge on any atom is -0.436 e. The molecule has 2 heterocycles. The van der Waals surface area contributed by atoms with Crippen LogP contribution in [-0.4, -0.2) is 27.8 Å². The predicted octanol–water partition coefficient (Wildman–Crippen LogP) is 2.01. The molecular formula is C13H9F3N4O3. The number of nitrogens with zero attached hydrogens (tertiary/aromatic N) is 3. The van der Waals surface area contributed by atoms with Crippen molar-refractivity contribution in [2.75, 3.05) is 6.61 Å². The Morgan fingerprint density at radius 1 is 1.43 bits per heavy atom. The van der Waals surface area contributed by atoms with Gasteiger partial charge < -0.3 is 14.6 Å². The van der Waals surface area contributed by atoms with Crippen LogP contribution in [0.4, 0.5) is 18.0 Å². The number of aromatic nitrogens is 3. The van der Waals surface area contributed by atoms with Gasteiger partial charge in [-0.3, -0.25) is 4.98 Å². The van der Waals surface area contributed by atoms with E-state index in [9.17, 15) is 18.0 Å². The molecule has 2 aromatic heterocycles. The van der Waals surface area contributed by atoms with Crippen LogP contribution in [0.3, 0.4) is 0 Å². The Labute approximate surface area is 127 Å². The smallest absolute Gasteiger partial charge is 0.436 e. The van der Waals surface area contributed by atoms with E-state index >= 15 is 0 Å². The molecule has 1 amide bonds. The highest BCUT2D eigenvalue weighted by molar-refractivity contribution is 5.67. The van der Waals surface area contributed by atoms with E-state index in [1.54, 1.807) is 0 Å². The largest absolute Gasteiger partial charge is 0.471 e. The molecule has 0 atom stereocenters. The van der Waals surface area contributed by atoms with Gasteiger partial charge in [0, 0.05) is 11.8 Å². The van der Waals surface area contributed by atoms with E-state index in [0.717, 1.165) is 0 Å². The predicted molar refractivity (Wildman–Crippen MR) is 69.6 cm³/mol. The van der Waals surface area contributed by atoms with Crippen molar-refractivity contribution >= 4 is 6.09 Å². The summed E-state index contributed by atoms with van der Waals surface area (Å²) in [6, 6.07) is 2.93. The summed E-state index contributed by atoms with van der Waals surface area (Å²) in [7, 11) is 0. The van der Waals surface area contributed by atoms with Gasteiger partial charge in [0.25, 0.3) is 0 Å². The van der Waals surface area contributed by atoms with Gasteiger partial charge >= 0.3 is 18.2 Å². The van der Waals surface area contributed by atoms with Gasteiger partial charge in [0.05, 0.1) is 12.2 Å². The maximum Gasteiger partial charge on any atom is 0.471 e. The fourth-order valence-corrected chi connectivity index (χ4v) is 1.44. The Hall–Kier alpha value is -3.09. The number of terminal acetylenes is 1. The molecule has 2 aromatic rings. The third kappa shape index (κ3) is 4.44. The maximum atomic E-state index is 12.4. The molecule has 120 valence electrons. The average molecular weight is 326 g/mol. The summed E-state index contributed by atoms with van der Waals surface area (Å²) in [5.74, 6) is 0.460. The Morgan fingerprint density at radius 2 is 2.22 bits per heavy atom. The van der Waals surface area contributed by atoms with Gasteiger partial charge in [0.2, 0.25) is 5.82 Å². The first-order chi connectivity index (χ1) is 10.9. The molecule has 0 aliphatic heterocycles. The summed E-state index contributed by atoms with van der Waals surface area (Å²) in [5.41, 5.74) is 0.689. The van der Waals surface area contributed by atoms with E-state index in [1.165, 1.54) is 18.3 Å². The lowest BCUT2D eigenvalue weighted by Crippen LogP contribution is -2.24. The molecule has 10 heteroatoms. The molecule has 0 fully saturated rings. The van der Waals surface area contributed by atoms with E-state index in [1.807, 2.05) is 0 Å². The van der Waals surface area contributed by atoms with Crippen LogP contribution >= 0.6 is 0 Å². The van der Waals surface area contributed by atoms with Crippen molar-refractivity contribution in [3.05, 3.63) is 29.9 Å². The number of halogens is 3. The van der Waals surface area contributed by atoms with Crippen LogP contribution < -0.4 is 5.32 Å². The first kappa shape index (κ1) is 16.3. The molecule has 1 N–H and O–H groups in total. The normalized spacial score (nSPS) is 10.9. The maximum absolute atomic E-state index is 12.4. The Kier molecular flexibility index (Phi) is 4.80. The highest BCUT2D eigenvalue weighted by atomic mass is 19.4. The molecule has 0 radical (unpaired) electrons. The molecule has 2 rings (SSSR count). The second-order valence-electron chi connectivity index (χ2n) is 4.09. The van der Waals surface area contributed by atoms with E-state index in [2.05, 4.69) is 35.6 Å². The van der Waals surface area contributed by atoms with Crippen LogP contribution in [-0.2, 0) is 17.5 Å². The second-order valence-corrected chi connectivity index (χ2v) is 4.09. The van der Waals surface area contributed by atoms with Crippen LogP contribution in [0.15, 0.2) is 22.9 Å². The number of carbonyl (C=O) groups excluding carboxylic acids is 1. The van der Waals surface area contributed by atoms with Gasteiger partial charge in [-0.1, -0.05) is 11.1 Å². The molecule has 0 aliphatic carbocycles. The summed E-state index contributed by atoms with van der Waals surface area (Å²) >= 11 is 0. The highest BCUT2D eigenvalue weighted by Crippen LogP contribution is 2.29. The monoisotopic (exact) mass is 326 g/mol. The third-order valence-corrected chi connectivity index (χ3v) is 2.45. The lowest BCUT2D eigenvalue weighted by atomic mass is 10.2. The number of rotatable bonds is 4. The standard InChI is InChI=1S/C13H9F3N4O3/c1-2-5-22-12(21)18-7-9-4-3-8(6-17-9)10-19-11(23-20-10)13(14,15)16/h1,3-4,6H,5,7H2,(H,18,21). The summed E-state index contributed by atoms with van der Waals surface area (Å²) in [4.78, 5) is 18.4. The Bertz CT molecular complexity index is 719. The molecule has 0 saturated carbocycles. The minimum atomic E-state index is -4.71. The van der Waals surface area contributed by atoms with Crippen LogP contribution in [0.1, 0.15) is 11.6 Å². The van der Waals surface area contributed by atoms with E-state index in [4.69, 9.17) is 6.42 Å². The number of alkyl carbamates (subject to hydrolysis) is 1. The lowest BCUT2D eigenvalue weighted by Gasteiger charge is -2.04. The van der Waals surface area contributed by atoms with Gasteiger partial charge in [-0.05, 0) is 12.1 Å². The van der Waals surface area contributed by atoms with Crippen molar-refractivity contribution in [3.8, 4) is 23.7 Å². The SMILES string of the molecule is C#CCOC(=O)NCc1ccc(-c2noc(C(F)(F)F)n2)cn1. The topological polar surface area (TPSA) is 90.1 Å². The fraction of sp³-hybridized carbons (Fsp3) is 0.231. The highest BCUT2D eigenvalue weighted by Gasteiger charge is 2.38. The van der Waals surface area contributed by atoms with Crippen LogP contribution in [0.5, 0.6) is 0 Å². The number of ether oxygens (including phenoxy) is 1. The summed E-state index contributed by atoms with van der Waals surface area (Å²) in [5, 5.41) is 5.64. The molecule has 0 aliphatic rings. The molecular weight excluding hydrogens is 317 g/mol. The molecule has 0 unspecified atom stereocenters. The number of alkyl halides is 3. The first-order valence-corrected chi connectivity index (χ1v) is 6.10. The van der Waals surface area contributed by atoms with Gasteiger partial charge in [-0.25, -0.2) is 4.79 Å². The van der Waals surface area contributed by atoms with Crippen molar-refractivity contribution < 1.29 is 27.2 Å². The number of hydrogen-bond donors (Lipinski definition) is 1. The van der Waals surface area contributed by atoms with E-state index < -0.39 is 18.2 Å². The quantitative estimate of drug-likeness (QED) is 0.865. The van der Waals surface area contributed by atoms with Gasteiger partial charge in [0.1, 0.15) is 0 Å². The fourth-order valence-electron chi connectivity index (χ4n) is 1.44. The molecule has 7 nitrogen and oxygen atoms in total. The zero-order valence-electron chi connectivity index (χ0n) is 11.4. The number of carbonyl (C=O) groups is 1. The Balaban J connectivity index is 1.98. The molecule has 23 heavy (non-hydrogen) atoms. The molecule has 0 aromatic carbocycles. The molecule has 0 saturated heterocycles. The van der Waals surface area contributed by atoms with Gasteiger partial charge in [-0.15, -0.1) is 6.42 Å². The summed E-state index contributed by atoms with van der Waals surface area (Å²) in [6.45, 7) is -0.0959. The van der Waals surface area contributed by atoms with Crippen molar-refractivity contribution in [1.29, 1.82) is 0 Å². The average Bonchev–Trinajstić information content (AvgIpc) is 3.01. The molecule has 0 bridgehead atoms. The first-order valence-electron chi connectivity index (χ1n) is 6.10. The van der Waals surface area contributed by atoms with Crippen LogP contribution in [0.2, 0.25) is 0 Å². The zero-order valence-corrected chi connectivity index (χ0v) is 11.4. The van der Waals surface area contributed by atoms with E-state index in [-0.39, 0.29) is 24.5 Å². The summed E-state index contributed by atoms with van der Waals surface area (Å²) < 4.78 is 45.8. The second kappa shape index (κ2) is 6.78. The zero-order chi connectivity index (χ0) is 16.9. The number of hydrogen-bond acceptors (Lipinski definition) is 6. The van der Waals surface area contributed by atoms with Crippen molar-refractivity contribution in [2.45, 2.75) is 12.7 Å². The minimum absolute atomic E-state index is 0.0593.